The van der Waals surface area contributed by atoms with Crippen LogP contribution in [-0.2, 0) is 0 Å². The Hall–Kier alpha value is -0.600. The summed E-state index contributed by atoms with van der Waals surface area (Å²) in [5.41, 5.74) is 0.604. The smallest absolute Gasteiger partial charge is 0.125 e. The minimum atomic E-state index is -0.569. The van der Waals surface area contributed by atoms with Crippen molar-refractivity contribution in [1.29, 1.82) is 0 Å². The molecule has 1 atom stereocenters. The van der Waals surface area contributed by atoms with Crippen molar-refractivity contribution in [3.8, 4) is 0 Å². The molecule has 1 aliphatic carbocycles. The zero-order chi connectivity index (χ0) is 10.8. The molecule has 0 saturated heterocycles. The summed E-state index contributed by atoms with van der Waals surface area (Å²) in [5.74, 6) is -0.114. The van der Waals surface area contributed by atoms with E-state index in [-0.39, 0.29) is 11.7 Å². The minimum Gasteiger partial charge on any atom is -0.388 e. The molecule has 1 aliphatic rings. The van der Waals surface area contributed by atoms with E-state index in [9.17, 15) is 9.50 Å². The van der Waals surface area contributed by atoms with Gasteiger partial charge < -0.3 is 5.11 Å². The monoisotopic (exact) mass is 228 g/mol. The highest BCUT2D eigenvalue weighted by Gasteiger charge is 2.24. The van der Waals surface area contributed by atoms with Crippen LogP contribution in [0.3, 0.4) is 0 Å². The topological polar surface area (TPSA) is 20.2 Å². The molecule has 3 heteroatoms. The van der Waals surface area contributed by atoms with Crippen LogP contribution in [0, 0.1) is 11.7 Å². The van der Waals surface area contributed by atoms with Gasteiger partial charge in [-0.1, -0.05) is 24.4 Å². The first-order valence-electron chi connectivity index (χ1n) is 5.31. The number of benzene rings is 1. The van der Waals surface area contributed by atoms with Gasteiger partial charge in [0.2, 0.25) is 0 Å². The lowest BCUT2D eigenvalue weighted by Crippen LogP contribution is -2.09. The second-order valence-corrected chi connectivity index (χ2v) is 4.63. The number of rotatable bonds is 2. The molecule has 1 fully saturated rings. The predicted molar refractivity (Wildman–Crippen MR) is 58.3 cm³/mol. The van der Waals surface area contributed by atoms with Gasteiger partial charge in [-0.05, 0) is 42.5 Å². The maximum atomic E-state index is 13.1. The molecule has 0 amide bonds. The maximum absolute atomic E-state index is 13.1. The fourth-order valence-corrected chi connectivity index (χ4v) is 2.52. The molecule has 0 heterocycles. The van der Waals surface area contributed by atoms with Crippen molar-refractivity contribution in [3.63, 3.8) is 0 Å². The van der Waals surface area contributed by atoms with Crippen LogP contribution in [0.5, 0.6) is 0 Å². The van der Waals surface area contributed by atoms with Gasteiger partial charge in [-0.2, -0.15) is 0 Å². The van der Waals surface area contributed by atoms with Gasteiger partial charge >= 0.3 is 0 Å². The Balaban J connectivity index is 2.20. The summed E-state index contributed by atoms with van der Waals surface area (Å²) in [6, 6.07) is 4.27. The molecule has 0 spiro atoms. The van der Waals surface area contributed by atoms with Crippen LogP contribution in [-0.4, -0.2) is 5.11 Å². The van der Waals surface area contributed by atoms with Gasteiger partial charge in [-0.25, -0.2) is 4.39 Å². The molecule has 0 aromatic heterocycles. The van der Waals surface area contributed by atoms with Crippen LogP contribution in [0.15, 0.2) is 18.2 Å². The first-order valence-corrected chi connectivity index (χ1v) is 5.68. The van der Waals surface area contributed by atoms with Crippen molar-refractivity contribution in [2.24, 2.45) is 5.92 Å². The van der Waals surface area contributed by atoms with E-state index in [2.05, 4.69) is 0 Å². The molecule has 1 unspecified atom stereocenters. The summed E-state index contributed by atoms with van der Waals surface area (Å²) in [7, 11) is 0. The van der Waals surface area contributed by atoms with Crippen LogP contribution >= 0.6 is 11.6 Å². The number of aliphatic hydroxyl groups is 1. The fourth-order valence-electron chi connectivity index (χ4n) is 2.29. The summed E-state index contributed by atoms with van der Waals surface area (Å²) in [4.78, 5) is 0. The summed E-state index contributed by atoms with van der Waals surface area (Å²) in [6.45, 7) is 0. The molecule has 1 nitrogen and oxygen atoms in total. The Morgan fingerprint density at radius 3 is 2.53 bits per heavy atom. The van der Waals surface area contributed by atoms with E-state index in [1.165, 1.54) is 12.1 Å². The Bertz CT molecular complexity index is 327. The number of hydrogen-bond donors (Lipinski definition) is 1. The first kappa shape index (κ1) is 10.9. The molecular weight excluding hydrogens is 215 g/mol. The van der Waals surface area contributed by atoms with Gasteiger partial charge in [-0.3, -0.25) is 0 Å². The molecule has 1 aromatic rings. The predicted octanol–water partition coefficient (Wildman–Crippen LogP) is 3.70. The highest BCUT2D eigenvalue weighted by atomic mass is 35.5. The second kappa shape index (κ2) is 4.50. The van der Waals surface area contributed by atoms with E-state index in [0.29, 0.717) is 10.6 Å². The van der Waals surface area contributed by atoms with Gasteiger partial charge in [0.1, 0.15) is 5.82 Å². The van der Waals surface area contributed by atoms with Crippen molar-refractivity contribution in [2.75, 3.05) is 0 Å². The lowest BCUT2D eigenvalue weighted by atomic mass is 9.94. The van der Waals surface area contributed by atoms with Gasteiger partial charge in [0, 0.05) is 5.02 Å². The highest BCUT2D eigenvalue weighted by molar-refractivity contribution is 6.30. The summed E-state index contributed by atoms with van der Waals surface area (Å²) < 4.78 is 13.1. The van der Waals surface area contributed by atoms with E-state index in [1.807, 2.05) is 0 Å². The number of hydrogen-bond acceptors (Lipinski definition) is 1. The average molecular weight is 229 g/mol. The average Bonchev–Trinajstić information content (AvgIpc) is 2.67. The maximum Gasteiger partial charge on any atom is 0.125 e. The van der Waals surface area contributed by atoms with E-state index < -0.39 is 6.10 Å². The van der Waals surface area contributed by atoms with Crippen molar-refractivity contribution in [2.45, 2.75) is 31.8 Å². The number of halogens is 2. The van der Waals surface area contributed by atoms with Crippen molar-refractivity contribution in [1.82, 2.24) is 0 Å². The van der Waals surface area contributed by atoms with E-state index >= 15 is 0 Å². The zero-order valence-electron chi connectivity index (χ0n) is 8.42. The molecule has 0 bridgehead atoms. The molecule has 82 valence electrons. The van der Waals surface area contributed by atoms with Crippen LogP contribution < -0.4 is 0 Å². The van der Waals surface area contributed by atoms with Crippen molar-refractivity contribution < 1.29 is 9.50 Å². The van der Waals surface area contributed by atoms with Crippen molar-refractivity contribution in [3.05, 3.63) is 34.6 Å². The summed E-state index contributed by atoms with van der Waals surface area (Å²) >= 11 is 5.75. The Morgan fingerprint density at radius 1 is 1.27 bits per heavy atom. The first-order chi connectivity index (χ1) is 7.16. The van der Waals surface area contributed by atoms with Gasteiger partial charge in [-0.15, -0.1) is 0 Å². The fraction of sp³-hybridized carbons (Fsp3) is 0.500. The lowest BCUT2D eigenvalue weighted by Gasteiger charge is -2.18. The molecule has 1 N–H and O–H groups in total. The Morgan fingerprint density at radius 2 is 1.93 bits per heavy atom. The molecule has 2 rings (SSSR count). The van der Waals surface area contributed by atoms with Gasteiger partial charge in [0.05, 0.1) is 6.10 Å². The SMILES string of the molecule is OC(c1cc(F)cc(Cl)c1)C1CCCC1. The zero-order valence-corrected chi connectivity index (χ0v) is 9.17. The largest absolute Gasteiger partial charge is 0.388 e. The summed E-state index contributed by atoms with van der Waals surface area (Å²) in [5, 5.41) is 10.4. The normalized spacial score (nSPS) is 19.4. The Labute approximate surface area is 93.9 Å². The third kappa shape index (κ3) is 2.50. The molecular formula is C12H14ClFO. The van der Waals surface area contributed by atoms with Crippen LogP contribution in [0.25, 0.3) is 0 Å². The van der Waals surface area contributed by atoms with Crippen molar-refractivity contribution >= 4 is 11.6 Å². The lowest BCUT2D eigenvalue weighted by molar-refractivity contribution is 0.111. The van der Waals surface area contributed by atoms with Crippen LogP contribution in [0.2, 0.25) is 5.02 Å². The van der Waals surface area contributed by atoms with Gasteiger partial charge in [0.25, 0.3) is 0 Å². The molecule has 1 saturated carbocycles. The second-order valence-electron chi connectivity index (χ2n) is 4.19. The van der Waals surface area contributed by atoms with E-state index in [1.54, 1.807) is 6.07 Å². The quantitative estimate of drug-likeness (QED) is 0.818. The van der Waals surface area contributed by atoms with E-state index in [4.69, 9.17) is 11.6 Å². The van der Waals surface area contributed by atoms with Crippen LogP contribution in [0.4, 0.5) is 4.39 Å². The third-order valence-corrected chi connectivity index (χ3v) is 3.29. The Kier molecular flexibility index (Phi) is 3.27. The highest BCUT2D eigenvalue weighted by Crippen LogP contribution is 2.36. The molecule has 1 aromatic carbocycles. The van der Waals surface area contributed by atoms with Gasteiger partial charge in [0.15, 0.2) is 0 Å². The van der Waals surface area contributed by atoms with Crippen LogP contribution in [0.1, 0.15) is 37.4 Å². The molecule has 0 aliphatic heterocycles. The van der Waals surface area contributed by atoms with E-state index in [0.717, 1.165) is 25.7 Å². The molecule has 0 radical (unpaired) electrons. The minimum absolute atomic E-state index is 0.267. The summed E-state index contributed by atoms with van der Waals surface area (Å²) in [6.07, 6.45) is 3.79. The molecule has 15 heavy (non-hydrogen) atoms. The standard InChI is InChI=1S/C12H14ClFO/c13-10-5-9(6-11(14)7-10)12(15)8-3-1-2-4-8/h5-8,12,15H,1-4H2. The number of aliphatic hydroxyl groups excluding tert-OH is 1. The third-order valence-electron chi connectivity index (χ3n) is 3.07.